The van der Waals surface area contributed by atoms with Crippen LogP contribution in [-0.2, 0) is 4.74 Å². The predicted molar refractivity (Wildman–Crippen MR) is 93.4 cm³/mol. The summed E-state index contributed by atoms with van der Waals surface area (Å²) in [6, 6.07) is 2.25. The second-order valence-corrected chi connectivity index (χ2v) is 5.61. The quantitative estimate of drug-likeness (QED) is 0.730. The van der Waals surface area contributed by atoms with Crippen LogP contribution in [0, 0.1) is 0 Å². The summed E-state index contributed by atoms with van der Waals surface area (Å²) in [5, 5.41) is 7.82. The molecular formula is C16H23ClN4O2. The van der Waals surface area contributed by atoms with E-state index in [0.29, 0.717) is 18.2 Å². The summed E-state index contributed by atoms with van der Waals surface area (Å²) in [7, 11) is 0. The highest BCUT2D eigenvalue weighted by atomic mass is 35.5. The molecule has 2 aromatic rings. The first-order valence-electron chi connectivity index (χ1n) is 7.90. The Bertz CT molecular complexity index is 653. The molecule has 7 heteroatoms. The van der Waals surface area contributed by atoms with Crippen LogP contribution in [0.3, 0.4) is 0 Å². The van der Waals surface area contributed by atoms with E-state index in [1.807, 2.05) is 19.2 Å². The molecule has 0 bridgehead atoms. The number of H-pyrrole nitrogens is 1. The van der Waals surface area contributed by atoms with Crippen molar-refractivity contribution in [2.45, 2.75) is 32.2 Å². The smallest absolute Gasteiger partial charge is 0.341 e. The summed E-state index contributed by atoms with van der Waals surface area (Å²) in [5.41, 5.74) is 2.10. The molecule has 0 saturated carbocycles. The van der Waals surface area contributed by atoms with Gasteiger partial charge < -0.3 is 20.4 Å². The van der Waals surface area contributed by atoms with Gasteiger partial charge in [-0.15, -0.1) is 12.4 Å². The predicted octanol–water partition coefficient (Wildman–Crippen LogP) is 2.72. The molecule has 0 aliphatic carbocycles. The van der Waals surface area contributed by atoms with Gasteiger partial charge in [0.05, 0.1) is 12.3 Å². The minimum absolute atomic E-state index is 0. The van der Waals surface area contributed by atoms with E-state index >= 15 is 0 Å². The third kappa shape index (κ3) is 3.95. The Hall–Kier alpha value is -1.79. The van der Waals surface area contributed by atoms with Gasteiger partial charge in [-0.2, -0.15) is 0 Å². The minimum atomic E-state index is -0.316. The fourth-order valence-corrected chi connectivity index (χ4v) is 2.77. The molecule has 1 aliphatic rings. The second-order valence-electron chi connectivity index (χ2n) is 5.61. The first kappa shape index (κ1) is 17.6. The van der Waals surface area contributed by atoms with Gasteiger partial charge in [0.2, 0.25) is 0 Å². The highest BCUT2D eigenvalue weighted by Gasteiger charge is 2.21. The molecular weight excluding hydrogens is 316 g/mol. The molecule has 3 rings (SSSR count). The molecule has 0 spiro atoms. The van der Waals surface area contributed by atoms with E-state index in [1.54, 1.807) is 6.20 Å². The number of pyridine rings is 1. The largest absolute Gasteiger partial charge is 0.462 e. The van der Waals surface area contributed by atoms with Crippen molar-refractivity contribution in [3.05, 3.63) is 24.0 Å². The lowest BCUT2D eigenvalue weighted by Crippen LogP contribution is -2.38. The second kappa shape index (κ2) is 8.17. The standard InChI is InChI=1S/C16H22N4O2.ClH/c1-2-8-22-16(21)13-10-19-15-12(5-7-18-15)14(13)20-11-4-3-6-17-9-11;/h5,7,10-11,17H,2-4,6,8-9H2,1H3,(H2,18,19,20);1H/t11-;/m1./s1. The van der Waals surface area contributed by atoms with Crippen LogP contribution in [0.4, 0.5) is 5.69 Å². The number of esters is 1. The van der Waals surface area contributed by atoms with Crippen molar-refractivity contribution in [3.63, 3.8) is 0 Å². The summed E-state index contributed by atoms with van der Waals surface area (Å²) in [6.45, 7) is 4.36. The van der Waals surface area contributed by atoms with E-state index in [4.69, 9.17) is 4.74 Å². The van der Waals surface area contributed by atoms with Crippen LogP contribution in [0.1, 0.15) is 36.5 Å². The van der Waals surface area contributed by atoms with Gasteiger partial charge in [0.1, 0.15) is 11.2 Å². The first-order chi connectivity index (χ1) is 10.8. The average Bonchev–Trinajstić information content (AvgIpc) is 3.03. The lowest BCUT2D eigenvalue weighted by Gasteiger charge is -2.26. The third-order valence-corrected chi connectivity index (χ3v) is 3.89. The molecule has 3 heterocycles. The number of nitrogens with zero attached hydrogens (tertiary/aromatic N) is 1. The van der Waals surface area contributed by atoms with Crippen molar-refractivity contribution in [1.82, 2.24) is 15.3 Å². The molecule has 1 saturated heterocycles. The van der Waals surface area contributed by atoms with E-state index in [1.165, 1.54) is 0 Å². The molecule has 126 valence electrons. The van der Waals surface area contributed by atoms with Gasteiger partial charge in [0, 0.05) is 30.4 Å². The molecule has 23 heavy (non-hydrogen) atoms. The number of nitrogens with one attached hydrogen (secondary N) is 3. The van der Waals surface area contributed by atoms with Crippen LogP contribution in [0.15, 0.2) is 18.5 Å². The van der Waals surface area contributed by atoms with E-state index in [0.717, 1.165) is 49.1 Å². The van der Waals surface area contributed by atoms with Gasteiger partial charge in [-0.1, -0.05) is 6.92 Å². The fraction of sp³-hybridized carbons (Fsp3) is 0.500. The van der Waals surface area contributed by atoms with Crippen LogP contribution >= 0.6 is 12.4 Å². The van der Waals surface area contributed by atoms with E-state index < -0.39 is 0 Å². The summed E-state index contributed by atoms with van der Waals surface area (Å²) < 4.78 is 5.29. The minimum Gasteiger partial charge on any atom is -0.462 e. The summed E-state index contributed by atoms with van der Waals surface area (Å²) in [6.07, 6.45) is 6.46. The van der Waals surface area contributed by atoms with E-state index in [9.17, 15) is 4.79 Å². The third-order valence-electron chi connectivity index (χ3n) is 3.89. The van der Waals surface area contributed by atoms with Crippen LogP contribution in [-0.4, -0.2) is 41.7 Å². The normalized spacial score (nSPS) is 17.5. The molecule has 2 aromatic heterocycles. The molecule has 1 fully saturated rings. The Morgan fingerprint density at radius 3 is 3.13 bits per heavy atom. The summed E-state index contributed by atoms with van der Waals surface area (Å²) in [5.74, 6) is -0.316. The molecule has 0 aromatic carbocycles. The van der Waals surface area contributed by atoms with Gasteiger partial charge in [-0.3, -0.25) is 0 Å². The number of aromatic nitrogens is 2. The maximum Gasteiger partial charge on any atom is 0.341 e. The zero-order valence-corrected chi connectivity index (χ0v) is 14.0. The highest BCUT2D eigenvalue weighted by Crippen LogP contribution is 2.27. The molecule has 0 unspecified atom stereocenters. The van der Waals surface area contributed by atoms with Crippen LogP contribution < -0.4 is 10.6 Å². The number of hydrogen-bond donors (Lipinski definition) is 3. The monoisotopic (exact) mass is 338 g/mol. The summed E-state index contributed by atoms with van der Waals surface area (Å²) in [4.78, 5) is 19.7. The Morgan fingerprint density at radius 2 is 2.39 bits per heavy atom. The maximum absolute atomic E-state index is 12.3. The number of hydrogen-bond acceptors (Lipinski definition) is 5. The Balaban J connectivity index is 0.00000192. The molecule has 0 amide bonds. The van der Waals surface area contributed by atoms with Crippen molar-refractivity contribution in [2.24, 2.45) is 0 Å². The molecule has 1 atom stereocenters. The Kier molecular flexibility index (Phi) is 6.24. The van der Waals surface area contributed by atoms with Gasteiger partial charge in [0.15, 0.2) is 0 Å². The zero-order chi connectivity index (χ0) is 15.4. The van der Waals surface area contributed by atoms with Crippen LogP contribution in [0.5, 0.6) is 0 Å². The highest BCUT2D eigenvalue weighted by molar-refractivity contribution is 6.04. The number of anilines is 1. The number of rotatable bonds is 5. The maximum atomic E-state index is 12.3. The number of ether oxygens (including phenoxy) is 1. The average molecular weight is 339 g/mol. The number of carbonyl (C=O) groups excluding carboxylic acids is 1. The number of fused-ring (bicyclic) bond motifs is 1. The van der Waals surface area contributed by atoms with Crippen molar-refractivity contribution in [1.29, 1.82) is 0 Å². The molecule has 0 radical (unpaired) electrons. The van der Waals surface area contributed by atoms with Gasteiger partial charge in [-0.25, -0.2) is 9.78 Å². The lowest BCUT2D eigenvalue weighted by atomic mass is 10.1. The zero-order valence-electron chi connectivity index (χ0n) is 13.2. The van der Waals surface area contributed by atoms with Gasteiger partial charge in [-0.05, 0) is 31.9 Å². The first-order valence-corrected chi connectivity index (χ1v) is 7.90. The van der Waals surface area contributed by atoms with Crippen LogP contribution in [0.2, 0.25) is 0 Å². The van der Waals surface area contributed by atoms with Crippen LogP contribution in [0.25, 0.3) is 11.0 Å². The van der Waals surface area contributed by atoms with Crippen molar-refractivity contribution in [2.75, 3.05) is 25.0 Å². The number of aromatic amines is 1. The van der Waals surface area contributed by atoms with Crippen molar-refractivity contribution in [3.8, 4) is 0 Å². The van der Waals surface area contributed by atoms with Gasteiger partial charge in [0.25, 0.3) is 0 Å². The molecule has 1 aliphatic heterocycles. The Labute approximate surface area is 141 Å². The fourth-order valence-electron chi connectivity index (χ4n) is 2.77. The summed E-state index contributed by atoms with van der Waals surface area (Å²) >= 11 is 0. The van der Waals surface area contributed by atoms with Crippen molar-refractivity contribution < 1.29 is 9.53 Å². The number of halogens is 1. The lowest BCUT2D eigenvalue weighted by molar-refractivity contribution is 0.0506. The van der Waals surface area contributed by atoms with Gasteiger partial charge >= 0.3 is 5.97 Å². The van der Waals surface area contributed by atoms with E-state index in [2.05, 4.69) is 20.6 Å². The topological polar surface area (TPSA) is 79.0 Å². The number of carbonyl (C=O) groups is 1. The Morgan fingerprint density at radius 1 is 1.52 bits per heavy atom. The van der Waals surface area contributed by atoms with Crippen molar-refractivity contribution >= 4 is 35.1 Å². The molecule has 3 N–H and O–H groups in total. The SMILES string of the molecule is CCCOC(=O)c1cnc2[nH]ccc2c1N[C@@H]1CCCNC1.Cl. The number of piperidine rings is 1. The van der Waals surface area contributed by atoms with E-state index in [-0.39, 0.29) is 18.4 Å². The molecule has 6 nitrogen and oxygen atoms in total.